The third-order valence-electron chi connectivity index (χ3n) is 8.34. The van der Waals surface area contributed by atoms with Gasteiger partial charge in [-0.3, -0.25) is 14.4 Å². The van der Waals surface area contributed by atoms with Crippen molar-refractivity contribution in [2.75, 3.05) is 19.8 Å². The second-order valence-corrected chi connectivity index (χ2v) is 11.5. The first-order valence-corrected chi connectivity index (χ1v) is 15.1. The molecule has 2 N–H and O–H groups in total. The molecule has 0 saturated heterocycles. The number of amides is 2. The summed E-state index contributed by atoms with van der Waals surface area (Å²) in [5.41, 5.74) is 1.49. The van der Waals surface area contributed by atoms with Crippen LogP contribution < -0.4 is 5.32 Å². The average molecular weight is 561 g/mol. The summed E-state index contributed by atoms with van der Waals surface area (Å²) in [7, 11) is 0. The van der Waals surface area contributed by atoms with Crippen LogP contribution in [-0.2, 0) is 32.1 Å². The minimum absolute atomic E-state index is 0.0536. The number of nitrogens with zero attached hydrogens (tertiary/aromatic N) is 1. The number of ether oxygens (including phenoxy) is 1. The van der Waals surface area contributed by atoms with E-state index in [9.17, 15) is 19.5 Å². The maximum Gasteiger partial charge on any atom is 0.309 e. The summed E-state index contributed by atoms with van der Waals surface area (Å²) >= 11 is 0. The van der Waals surface area contributed by atoms with E-state index in [1.165, 1.54) is 0 Å². The van der Waals surface area contributed by atoms with Gasteiger partial charge in [0.05, 0.1) is 24.0 Å². The minimum Gasteiger partial charge on any atom is -0.463 e. The summed E-state index contributed by atoms with van der Waals surface area (Å²) < 4.78 is 5.94. The van der Waals surface area contributed by atoms with E-state index in [1.807, 2.05) is 66.7 Å². The van der Waals surface area contributed by atoms with Crippen LogP contribution >= 0.6 is 0 Å². The normalized spacial score (nSPS) is 21.6. The number of aliphatic hydroxyl groups is 1. The molecule has 1 aliphatic heterocycles. The van der Waals surface area contributed by atoms with Gasteiger partial charge in [-0.2, -0.15) is 0 Å². The fourth-order valence-electron chi connectivity index (χ4n) is 5.95. The molecule has 2 aromatic carbocycles. The molecule has 1 aliphatic carbocycles. The third-order valence-corrected chi connectivity index (χ3v) is 8.34. The number of aliphatic hydroxyl groups excluding tert-OH is 1. The zero-order chi connectivity index (χ0) is 28.9. The van der Waals surface area contributed by atoms with E-state index in [4.69, 9.17) is 4.74 Å². The second-order valence-electron chi connectivity index (χ2n) is 11.5. The summed E-state index contributed by atoms with van der Waals surface area (Å²) in [6.07, 6.45) is 11.0. The summed E-state index contributed by atoms with van der Waals surface area (Å²) in [4.78, 5) is 42.0. The van der Waals surface area contributed by atoms with Crippen molar-refractivity contribution in [1.29, 1.82) is 0 Å². The number of hydrogen-bond donors (Lipinski definition) is 2. The Bertz CT molecular complexity index is 1140. The molecule has 0 aromatic heterocycles. The van der Waals surface area contributed by atoms with Gasteiger partial charge < -0.3 is 20.1 Å². The molecule has 1 saturated carbocycles. The molecule has 1 fully saturated rings. The highest BCUT2D eigenvalue weighted by Crippen LogP contribution is 2.32. The molecule has 7 nitrogen and oxygen atoms in total. The van der Waals surface area contributed by atoms with Crippen LogP contribution in [0, 0.1) is 11.8 Å². The van der Waals surface area contributed by atoms with Crippen LogP contribution in [-0.4, -0.2) is 53.1 Å². The molecule has 2 aromatic rings. The average Bonchev–Trinajstić information content (AvgIpc) is 3.45. The number of hydrogen-bond acceptors (Lipinski definition) is 5. The van der Waals surface area contributed by atoms with Gasteiger partial charge >= 0.3 is 5.97 Å². The van der Waals surface area contributed by atoms with Gasteiger partial charge in [-0.05, 0) is 56.1 Å². The highest BCUT2D eigenvalue weighted by Gasteiger charge is 2.39. The maximum atomic E-state index is 13.7. The van der Waals surface area contributed by atoms with Crippen LogP contribution in [0.15, 0.2) is 72.8 Å². The van der Waals surface area contributed by atoms with Crippen molar-refractivity contribution < 1.29 is 24.2 Å². The molecule has 2 atom stereocenters. The number of cyclic esters (lactones) is 1. The maximum absolute atomic E-state index is 13.7. The Morgan fingerprint density at radius 3 is 2.29 bits per heavy atom. The Morgan fingerprint density at radius 2 is 1.61 bits per heavy atom. The van der Waals surface area contributed by atoms with Gasteiger partial charge in [-0.1, -0.05) is 85.7 Å². The fourth-order valence-corrected chi connectivity index (χ4v) is 5.95. The van der Waals surface area contributed by atoms with E-state index in [-0.39, 0.29) is 49.9 Å². The van der Waals surface area contributed by atoms with Crippen LogP contribution in [0.1, 0.15) is 68.9 Å². The van der Waals surface area contributed by atoms with E-state index >= 15 is 0 Å². The fraction of sp³-hybridized carbons (Fsp3) is 0.500. The van der Waals surface area contributed by atoms with Gasteiger partial charge in [0.15, 0.2) is 0 Å². The lowest BCUT2D eigenvalue weighted by Gasteiger charge is -2.33. The van der Waals surface area contributed by atoms with E-state index < -0.39 is 11.5 Å². The number of esters is 1. The van der Waals surface area contributed by atoms with Crippen molar-refractivity contribution in [3.05, 3.63) is 83.9 Å². The monoisotopic (exact) mass is 560 g/mol. The van der Waals surface area contributed by atoms with Crippen LogP contribution in [0.3, 0.4) is 0 Å². The Hall–Kier alpha value is -3.45. The van der Waals surface area contributed by atoms with Gasteiger partial charge in [0.1, 0.15) is 6.61 Å². The molecule has 1 spiro atoms. The van der Waals surface area contributed by atoms with Crippen molar-refractivity contribution >= 4 is 17.8 Å². The molecule has 220 valence electrons. The zero-order valence-electron chi connectivity index (χ0n) is 24.0. The Morgan fingerprint density at radius 1 is 0.927 bits per heavy atom. The third kappa shape index (κ3) is 9.28. The van der Waals surface area contributed by atoms with E-state index in [2.05, 4.69) is 11.4 Å². The topological polar surface area (TPSA) is 95.9 Å². The molecular weight excluding hydrogens is 516 g/mol. The first kappa shape index (κ1) is 30.5. The Kier molecular flexibility index (Phi) is 11.6. The van der Waals surface area contributed by atoms with Crippen molar-refractivity contribution in [3.63, 3.8) is 0 Å². The Labute approximate surface area is 244 Å². The number of allylic oxidation sites excluding steroid dienone is 2. The predicted molar refractivity (Wildman–Crippen MR) is 159 cm³/mol. The summed E-state index contributed by atoms with van der Waals surface area (Å²) in [6.45, 7) is 0.607. The molecule has 0 radical (unpaired) electrons. The molecule has 7 heteroatoms. The number of nitrogens with one attached hydrogen (secondary N) is 1. The minimum atomic E-state index is -0.603. The number of carbonyl (C=O) groups is 3. The van der Waals surface area contributed by atoms with Gasteiger partial charge in [-0.15, -0.1) is 0 Å². The molecule has 2 amide bonds. The largest absolute Gasteiger partial charge is 0.463 e. The van der Waals surface area contributed by atoms with E-state index in [1.54, 1.807) is 4.90 Å². The number of benzene rings is 2. The molecular formula is C34H44N2O5. The van der Waals surface area contributed by atoms with Crippen LogP contribution in [0.25, 0.3) is 0 Å². The highest BCUT2D eigenvalue weighted by atomic mass is 16.5. The van der Waals surface area contributed by atoms with Crippen molar-refractivity contribution in [2.24, 2.45) is 11.8 Å². The second kappa shape index (κ2) is 15.5. The molecule has 4 rings (SSSR count). The molecule has 2 aliphatic rings. The SMILES string of the molecule is O=C1NC2(CCCC2)COC(=O)[C@@H](Cc2ccccc2)CCCC=CC[C@@H]1CC(=O)N(CCO)Cc1ccccc1. The standard InChI is InChI=1S/C34H44N2O5/c37-22-21-36(25-28-15-7-4-8-16-28)31(38)24-29-17-9-1-2-10-18-30(23-27-13-5-3-6-14-27)33(40)41-26-34(35-32(29)39)19-11-12-20-34/h1,3-9,13-16,29-30,37H,2,10-12,17-26H2,(H,35,39)/t29-,30-/m1/s1. The molecule has 0 unspecified atom stereocenters. The van der Waals surface area contributed by atoms with Gasteiger partial charge in [0.2, 0.25) is 11.8 Å². The quantitative estimate of drug-likeness (QED) is 0.351. The first-order chi connectivity index (χ1) is 20.0. The predicted octanol–water partition coefficient (Wildman–Crippen LogP) is 4.98. The first-order valence-electron chi connectivity index (χ1n) is 15.1. The lowest BCUT2D eigenvalue weighted by molar-refractivity contribution is -0.152. The highest BCUT2D eigenvalue weighted by molar-refractivity contribution is 5.86. The van der Waals surface area contributed by atoms with Crippen LogP contribution in [0.5, 0.6) is 0 Å². The smallest absolute Gasteiger partial charge is 0.309 e. The number of carbonyl (C=O) groups excluding carboxylic acids is 3. The van der Waals surface area contributed by atoms with Crippen molar-refractivity contribution in [2.45, 2.75) is 76.3 Å². The Balaban J connectivity index is 1.48. The van der Waals surface area contributed by atoms with Crippen molar-refractivity contribution in [1.82, 2.24) is 10.2 Å². The van der Waals surface area contributed by atoms with Gasteiger partial charge in [-0.25, -0.2) is 0 Å². The van der Waals surface area contributed by atoms with Gasteiger partial charge in [0, 0.05) is 19.5 Å². The molecule has 1 heterocycles. The number of rotatable bonds is 8. The molecule has 41 heavy (non-hydrogen) atoms. The van der Waals surface area contributed by atoms with E-state index in [0.29, 0.717) is 19.4 Å². The van der Waals surface area contributed by atoms with Gasteiger partial charge in [0.25, 0.3) is 0 Å². The van der Waals surface area contributed by atoms with E-state index in [0.717, 1.165) is 56.1 Å². The summed E-state index contributed by atoms with van der Waals surface area (Å²) in [5, 5.41) is 12.9. The lowest BCUT2D eigenvalue weighted by Crippen LogP contribution is -2.52. The zero-order valence-corrected chi connectivity index (χ0v) is 24.0. The summed E-state index contributed by atoms with van der Waals surface area (Å²) in [5.74, 6) is -1.31. The summed E-state index contributed by atoms with van der Waals surface area (Å²) in [6, 6.07) is 19.7. The van der Waals surface area contributed by atoms with Crippen LogP contribution in [0.2, 0.25) is 0 Å². The van der Waals surface area contributed by atoms with Crippen LogP contribution in [0.4, 0.5) is 0 Å². The van der Waals surface area contributed by atoms with Crippen molar-refractivity contribution in [3.8, 4) is 0 Å². The lowest BCUT2D eigenvalue weighted by atomic mass is 9.92. The molecule has 0 bridgehead atoms.